The summed E-state index contributed by atoms with van der Waals surface area (Å²) in [6, 6.07) is 11.8. The molecule has 0 unspecified atom stereocenters. The van der Waals surface area contributed by atoms with Crippen LogP contribution in [0, 0.1) is 5.82 Å². The van der Waals surface area contributed by atoms with Crippen molar-refractivity contribution in [3.05, 3.63) is 66.1 Å². The summed E-state index contributed by atoms with van der Waals surface area (Å²) in [5.74, 6) is 0.928. The maximum atomic E-state index is 14.6. The summed E-state index contributed by atoms with van der Waals surface area (Å²) in [6.07, 6.45) is 6.86. The number of anilines is 1. The lowest BCUT2D eigenvalue weighted by atomic mass is 10.1. The Morgan fingerprint density at radius 2 is 2.03 bits per heavy atom. The molecule has 3 heterocycles. The van der Waals surface area contributed by atoms with Gasteiger partial charge in [-0.25, -0.2) is 9.37 Å². The molecule has 31 heavy (non-hydrogen) atoms. The number of halogens is 1. The second-order valence-corrected chi connectivity index (χ2v) is 7.44. The number of oxazole rings is 1. The molecule has 0 bridgehead atoms. The summed E-state index contributed by atoms with van der Waals surface area (Å²) in [5.41, 5.74) is 2.16. The van der Waals surface area contributed by atoms with Gasteiger partial charge in [-0.05, 0) is 43.2 Å². The Bertz CT molecular complexity index is 1260. The van der Waals surface area contributed by atoms with E-state index in [0.29, 0.717) is 28.5 Å². The van der Waals surface area contributed by atoms with Crippen LogP contribution in [0.4, 0.5) is 10.1 Å². The van der Waals surface area contributed by atoms with Crippen LogP contribution < -0.4 is 5.32 Å². The summed E-state index contributed by atoms with van der Waals surface area (Å²) < 4.78 is 22.1. The summed E-state index contributed by atoms with van der Waals surface area (Å²) in [5, 5.41) is 11.2. The van der Waals surface area contributed by atoms with Gasteiger partial charge in [0.25, 0.3) is 0 Å². The normalized spacial score (nSPS) is 14.0. The van der Waals surface area contributed by atoms with Gasteiger partial charge in [-0.2, -0.15) is 0 Å². The third-order valence-electron chi connectivity index (χ3n) is 5.27. The van der Waals surface area contributed by atoms with Gasteiger partial charge >= 0.3 is 0 Å². The largest absolute Gasteiger partial charge is 0.437 e. The first kappa shape index (κ1) is 19.2. The van der Waals surface area contributed by atoms with E-state index in [0.717, 1.165) is 43.6 Å². The number of rotatable bonds is 4. The van der Waals surface area contributed by atoms with Crippen molar-refractivity contribution in [3.63, 3.8) is 0 Å². The molecule has 1 aliphatic rings. The van der Waals surface area contributed by atoms with Crippen molar-refractivity contribution in [2.45, 2.75) is 32.2 Å². The summed E-state index contributed by atoms with van der Waals surface area (Å²) in [4.78, 5) is 16.7. The van der Waals surface area contributed by atoms with Gasteiger partial charge in [0.05, 0.1) is 5.56 Å². The Labute approximate surface area is 177 Å². The molecule has 2 aromatic heterocycles. The fourth-order valence-corrected chi connectivity index (χ4v) is 3.75. The van der Waals surface area contributed by atoms with Gasteiger partial charge in [-0.15, -0.1) is 10.2 Å². The van der Waals surface area contributed by atoms with Crippen LogP contribution >= 0.6 is 0 Å². The minimum Gasteiger partial charge on any atom is -0.437 e. The Morgan fingerprint density at radius 3 is 2.94 bits per heavy atom. The molecule has 0 fully saturated rings. The second-order valence-electron chi connectivity index (χ2n) is 7.44. The van der Waals surface area contributed by atoms with E-state index >= 15 is 0 Å². The number of benzene rings is 2. The fraction of sp³-hybridized carbons (Fsp3) is 0.217. The van der Waals surface area contributed by atoms with E-state index in [1.54, 1.807) is 6.07 Å². The predicted octanol–water partition coefficient (Wildman–Crippen LogP) is 4.60. The first-order chi connectivity index (χ1) is 15.2. The molecule has 0 aliphatic carbocycles. The number of para-hydroxylation sites is 2. The van der Waals surface area contributed by atoms with Gasteiger partial charge in [-0.3, -0.25) is 4.79 Å². The van der Waals surface area contributed by atoms with Crippen molar-refractivity contribution in [2.24, 2.45) is 0 Å². The van der Waals surface area contributed by atoms with Gasteiger partial charge in [0.2, 0.25) is 11.8 Å². The highest BCUT2D eigenvalue weighted by molar-refractivity contribution is 6.02. The highest BCUT2D eigenvalue weighted by Gasteiger charge is 2.19. The lowest BCUT2D eigenvalue weighted by Crippen LogP contribution is -2.09. The first-order valence-electron chi connectivity index (χ1n) is 10.2. The molecular weight excluding hydrogens is 397 g/mol. The van der Waals surface area contributed by atoms with Gasteiger partial charge in [-0.1, -0.05) is 18.6 Å². The average Bonchev–Trinajstić information content (AvgIpc) is 3.30. The van der Waals surface area contributed by atoms with Crippen molar-refractivity contribution in [3.8, 4) is 11.4 Å². The van der Waals surface area contributed by atoms with E-state index < -0.39 is 5.82 Å². The smallest absolute Gasteiger partial charge is 0.248 e. The Balaban J connectivity index is 1.35. The minimum atomic E-state index is -0.403. The van der Waals surface area contributed by atoms with E-state index in [-0.39, 0.29) is 5.91 Å². The zero-order chi connectivity index (χ0) is 21.2. The number of amides is 1. The quantitative estimate of drug-likeness (QED) is 0.490. The van der Waals surface area contributed by atoms with E-state index in [1.807, 2.05) is 28.8 Å². The van der Waals surface area contributed by atoms with Crippen LogP contribution in [0.1, 0.15) is 31.0 Å². The van der Waals surface area contributed by atoms with Crippen LogP contribution in [-0.2, 0) is 17.8 Å². The molecule has 0 saturated heterocycles. The molecule has 1 N–H and O–H groups in total. The van der Waals surface area contributed by atoms with Crippen LogP contribution in [-0.4, -0.2) is 25.7 Å². The zero-order valence-electron chi connectivity index (χ0n) is 16.7. The van der Waals surface area contributed by atoms with Crippen molar-refractivity contribution >= 4 is 28.8 Å². The highest BCUT2D eigenvalue weighted by Crippen LogP contribution is 2.27. The number of carbonyl (C=O) groups is 1. The highest BCUT2D eigenvalue weighted by atomic mass is 19.1. The number of nitrogens with zero attached hydrogens (tertiary/aromatic N) is 4. The Kier molecular flexibility index (Phi) is 5.03. The number of aromatic nitrogens is 4. The topological polar surface area (TPSA) is 85.8 Å². The second kappa shape index (κ2) is 8.14. The number of carbonyl (C=O) groups excluding carboxylic acids is 1. The van der Waals surface area contributed by atoms with Crippen LogP contribution in [0.15, 0.2) is 53.0 Å². The maximum absolute atomic E-state index is 14.6. The third kappa shape index (κ3) is 3.96. The molecule has 156 valence electrons. The molecule has 5 rings (SSSR count). The molecule has 0 spiro atoms. The average molecular weight is 417 g/mol. The van der Waals surface area contributed by atoms with E-state index in [2.05, 4.69) is 20.5 Å². The molecule has 0 atom stereocenters. The molecule has 1 amide bonds. The van der Waals surface area contributed by atoms with Crippen molar-refractivity contribution in [1.82, 2.24) is 19.7 Å². The number of fused-ring (bicyclic) bond motifs is 2. The number of nitrogens with one attached hydrogen (secondary N) is 1. The fourth-order valence-electron chi connectivity index (χ4n) is 3.75. The van der Waals surface area contributed by atoms with E-state index in [9.17, 15) is 9.18 Å². The monoisotopic (exact) mass is 417 g/mol. The van der Waals surface area contributed by atoms with Crippen LogP contribution in [0.25, 0.3) is 28.6 Å². The van der Waals surface area contributed by atoms with E-state index in [4.69, 9.17) is 4.42 Å². The standard InChI is InChI=1S/C23H20FN5O2/c24-17-10-9-15(14-16(17)23-28-27-20-8-2-1-5-13-29(20)23)25-21(30)11-12-22-26-18-6-3-4-7-19(18)31-22/h3-4,6-7,9-12,14H,1-2,5,8,13H2,(H,25,30)/b12-11+. The number of hydrogen-bond donors (Lipinski definition) is 1. The molecule has 7 nitrogen and oxygen atoms in total. The predicted molar refractivity (Wildman–Crippen MR) is 115 cm³/mol. The van der Waals surface area contributed by atoms with Crippen molar-refractivity contribution in [2.75, 3.05) is 5.32 Å². The van der Waals surface area contributed by atoms with Crippen LogP contribution in [0.5, 0.6) is 0 Å². The zero-order valence-corrected chi connectivity index (χ0v) is 16.7. The lowest BCUT2D eigenvalue weighted by molar-refractivity contribution is -0.111. The van der Waals surface area contributed by atoms with Gasteiger partial charge in [0.1, 0.15) is 17.2 Å². The lowest BCUT2D eigenvalue weighted by Gasteiger charge is -2.10. The SMILES string of the molecule is O=C(/C=C/c1nc2ccccc2o1)Nc1ccc(F)c(-c2nnc3n2CCCCC3)c1. The van der Waals surface area contributed by atoms with Gasteiger partial charge in [0.15, 0.2) is 11.4 Å². The molecule has 2 aromatic carbocycles. The summed E-state index contributed by atoms with van der Waals surface area (Å²) in [7, 11) is 0. The Morgan fingerprint density at radius 1 is 1.13 bits per heavy atom. The number of aryl methyl sites for hydroxylation is 1. The van der Waals surface area contributed by atoms with Gasteiger partial charge < -0.3 is 14.3 Å². The maximum Gasteiger partial charge on any atom is 0.248 e. The van der Waals surface area contributed by atoms with Gasteiger partial charge in [0, 0.05) is 30.8 Å². The summed E-state index contributed by atoms with van der Waals surface area (Å²) >= 11 is 0. The van der Waals surface area contributed by atoms with Crippen molar-refractivity contribution < 1.29 is 13.6 Å². The molecule has 0 radical (unpaired) electrons. The molecule has 0 saturated carbocycles. The molecule has 4 aromatic rings. The Hall–Kier alpha value is -3.81. The molecule has 1 aliphatic heterocycles. The number of hydrogen-bond acceptors (Lipinski definition) is 5. The summed E-state index contributed by atoms with van der Waals surface area (Å²) in [6.45, 7) is 0.765. The third-order valence-corrected chi connectivity index (χ3v) is 5.27. The first-order valence-corrected chi connectivity index (χ1v) is 10.2. The van der Waals surface area contributed by atoms with Crippen LogP contribution in [0.3, 0.4) is 0 Å². The molecular formula is C23H20FN5O2. The van der Waals surface area contributed by atoms with Crippen LogP contribution in [0.2, 0.25) is 0 Å². The molecule has 8 heteroatoms. The minimum absolute atomic E-state index is 0.321. The van der Waals surface area contributed by atoms with E-state index in [1.165, 1.54) is 24.3 Å². The van der Waals surface area contributed by atoms with Crippen molar-refractivity contribution in [1.29, 1.82) is 0 Å².